The third kappa shape index (κ3) is 1.15. The van der Waals surface area contributed by atoms with Gasteiger partial charge in [-0.3, -0.25) is 4.90 Å². The van der Waals surface area contributed by atoms with E-state index in [1.165, 1.54) is 16.6 Å². The second-order valence-corrected chi connectivity index (χ2v) is 4.53. The number of nitrogens with zero attached hydrogens (tertiary/aromatic N) is 2. The number of aromatic hydroxyl groups is 1. The Morgan fingerprint density at radius 1 is 1.19 bits per heavy atom. The quantitative estimate of drug-likeness (QED) is 0.671. The van der Waals surface area contributed by atoms with E-state index in [-0.39, 0.29) is 0 Å². The summed E-state index contributed by atoms with van der Waals surface area (Å²) in [5, 5.41) is 12.3. The van der Waals surface area contributed by atoms with Crippen molar-refractivity contribution in [3.05, 3.63) is 35.5 Å². The molecule has 2 heterocycles. The molecule has 0 bridgehead atoms. The highest BCUT2D eigenvalue weighted by Crippen LogP contribution is 2.30. The molecule has 1 N–H and O–H groups in total. The van der Waals surface area contributed by atoms with Crippen LogP contribution in [-0.4, -0.2) is 17.1 Å². The van der Waals surface area contributed by atoms with Crippen molar-refractivity contribution in [1.29, 1.82) is 0 Å². The molecule has 0 amide bonds. The number of benzene rings is 1. The topological polar surface area (TPSA) is 27.4 Å². The van der Waals surface area contributed by atoms with E-state index >= 15 is 0 Å². The molecular weight excluding hydrogens is 200 g/mol. The van der Waals surface area contributed by atoms with Crippen LogP contribution < -0.4 is 4.57 Å². The lowest BCUT2D eigenvalue weighted by molar-refractivity contribution is -0.684. The summed E-state index contributed by atoms with van der Waals surface area (Å²) in [7, 11) is 4.03. The first kappa shape index (κ1) is 9.60. The van der Waals surface area contributed by atoms with E-state index in [9.17, 15) is 5.11 Å². The van der Waals surface area contributed by atoms with Crippen molar-refractivity contribution < 1.29 is 9.67 Å². The maximum atomic E-state index is 10.2. The fourth-order valence-electron chi connectivity index (χ4n) is 2.57. The van der Waals surface area contributed by atoms with Crippen molar-refractivity contribution in [3.8, 4) is 5.88 Å². The Bertz CT molecular complexity index is 578. The van der Waals surface area contributed by atoms with Crippen LogP contribution in [-0.2, 0) is 20.1 Å². The van der Waals surface area contributed by atoms with Gasteiger partial charge in [-0.05, 0) is 13.1 Å². The van der Waals surface area contributed by atoms with Gasteiger partial charge in [0.25, 0.3) is 0 Å². The molecule has 16 heavy (non-hydrogen) atoms. The monoisotopic (exact) mass is 215 g/mol. The Kier molecular flexibility index (Phi) is 1.91. The van der Waals surface area contributed by atoms with E-state index < -0.39 is 0 Å². The van der Waals surface area contributed by atoms with Crippen LogP contribution in [0.2, 0.25) is 0 Å². The van der Waals surface area contributed by atoms with E-state index in [4.69, 9.17) is 0 Å². The number of pyridine rings is 1. The van der Waals surface area contributed by atoms with Gasteiger partial charge in [0.2, 0.25) is 5.69 Å². The molecule has 3 heteroatoms. The van der Waals surface area contributed by atoms with Crippen molar-refractivity contribution >= 4 is 10.8 Å². The lowest BCUT2D eigenvalue weighted by Crippen LogP contribution is -2.34. The highest BCUT2D eigenvalue weighted by molar-refractivity contribution is 5.89. The minimum Gasteiger partial charge on any atom is -0.459 e. The lowest BCUT2D eigenvalue weighted by Gasteiger charge is -2.04. The van der Waals surface area contributed by atoms with Crippen LogP contribution in [0.5, 0.6) is 5.88 Å². The zero-order chi connectivity index (χ0) is 11.3. The molecule has 82 valence electrons. The van der Waals surface area contributed by atoms with Gasteiger partial charge in [-0.25, -0.2) is 0 Å². The minimum absolute atomic E-state index is 0.365. The van der Waals surface area contributed by atoms with Gasteiger partial charge in [-0.1, -0.05) is 18.2 Å². The second-order valence-electron chi connectivity index (χ2n) is 4.53. The smallest absolute Gasteiger partial charge is 0.373 e. The molecule has 3 nitrogen and oxygen atoms in total. The molecule has 1 aliphatic heterocycles. The zero-order valence-electron chi connectivity index (χ0n) is 9.57. The van der Waals surface area contributed by atoms with Gasteiger partial charge in [0.1, 0.15) is 7.05 Å². The predicted molar refractivity (Wildman–Crippen MR) is 62.0 cm³/mol. The summed E-state index contributed by atoms with van der Waals surface area (Å²) >= 11 is 0. The molecule has 0 atom stereocenters. The van der Waals surface area contributed by atoms with Crippen molar-refractivity contribution in [1.82, 2.24) is 4.90 Å². The normalized spacial score (nSPS) is 15.6. The highest BCUT2D eigenvalue weighted by atomic mass is 16.3. The highest BCUT2D eigenvalue weighted by Gasteiger charge is 2.29. The molecule has 0 saturated carbocycles. The van der Waals surface area contributed by atoms with Gasteiger partial charge in [0, 0.05) is 17.5 Å². The third-order valence-electron chi connectivity index (χ3n) is 3.41. The van der Waals surface area contributed by atoms with Crippen molar-refractivity contribution in [2.45, 2.75) is 13.1 Å². The molecule has 1 aromatic heterocycles. The first-order valence-corrected chi connectivity index (χ1v) is 5.48. The second kappa shape index (κ2) is 3.19. The van der Waals surface area contributed by atoms with E-state index in [0.717, 1.165) is 18.5 Å². The number of hydrogen-bond donors (Lipinski definition) is 1. The van der Waals surface area contributed by atoms with E-state index in [1.807, 2.05) is 29.8 Å². The Morgan fingerprint density at radius 3 is 2.62 bits per heavy atom. The standard InChI is InChI=1S/C13H14N2O/c1-14-7-11-9-5-3-4-6-10(9)13(16)15(2)12(11)8-14/h3-6H,7-8H2,1-2H3/p+1. The maximum absolute atomic E-state index is 10.2. The van der Waals surface area contributed by atoms with Crippen LogP contribution in [0.25, 0.3) is 10.8 Å². The van der Waals surface area contributed by atoms with Gasteiger partial charge in [0.15, 0.2) is 0 Å². The van der Waals surface area contributed by atoms with Crippen LogP contribution in [0.1, 0.15) is 11.3 Å². The fraction of sp³-hybridized carbons (Fsp3) is 0.308. The average Bonchev–Trinajstić information content (AvgIpc) is 2.68. The molecule has 0 radical (unpaired) electrons. The summed E-state index contributed by atoms with van der Waals surface area (Å²) in [6, 6.07) is 8.06. The van der Waals surface area contributed by atoms with E-state index in [2.05, 4.69) is 18.0 Å². The molecule has 0 saturated heterocycles. The first-order chi connectivity index (χ1) is 7.68. The number of aromatic nitrogens is 1. The van der Waals surface area contributed by atoms with Gasteiger partial charge < -0.3 is 5.11 Å². The Morgan fingerprint density at radius 2 is 1.88 bits per heavy atom. The summed E-state index contributed by atoms with van der Waals surface area (Å²) in [6.07, 6.45) is 0. The van der Waals surface area contributed by atoms with Crippen molar-refractivity contribution in [2.24, 2.45) is 7.05 Å². The van der Waals surface area contributed by atoms with Crippen molar-refractivity contribution in [2.75, 3.05) is 7.05 Å². The molecule has 1 aliphatic rings. The van der Waals surface area contributed by atoms with Gasteiger partial charge in [-0.2, -0.15) is 4.57 Å². The predicted octanol–water partition coefficient (Wildman–Crippen LogP) is 1.32. The molecule has 0 fully saturated rings. The molecule has 1 aromatic carbocycles. The lowest BCUT2D eigenvalue weighted by atomic mass is 10.1. The van der Waals surface area contributed by atoms with Gasteiger partial charge in [0.05, 0.1) is 11.9 Å². The first-order valence-electron chi connectivity index (χ1n) is 5.48. The SMILES string of the molecule is CN1Cc2c([n+](C)c(O)c3ccccc23)C1. The molecule has 0 spiro atoms. The number of fused-ring (bicyclic) bond motifs is 3. The average molecular weight is 215 g/mol. The van der Waals surface area contributed by atoms with Crippen LogP contribution in [0.4, 0.5) is 0 Å². The van der Waals surface area contributed by atoms with Crippen LogP contribution in [0.3, 0.4) is 0 Å². The molecular formula is C13H15N2O+. The molecule has 3 rings (SSSR count). The van der Waals surface area contributed by atoms with Crippen molar-refractivity contribution in [3.63, 3.8) is 0 Å². The fourth-order valence-corrected chi connectivity index (χ4v) is 2.57. The van der Waals surface area contributed by atoms with Gasteiger partial charge >= 0.3 is 5.88 Å². The molecule has 2 aromatic rings. The maximum Gasteiger partial charge on any atom is 0.373 e. The van der Waals surface area contributed by atoms with E-state index in [1.54, 1.807) is 0 Å². The summed E-state index contributed by atoms with van der Waals surface area (Å²) < 4.78 is 1.90. The zero-order valence-corrected chi connectivity index (χ0v) is 9.57. The van der Waals surface area contributed by atoms with Crippen LogP contribution in [0.15, 0.2) is 24.3 Å². The largest absolute Gasteiger partial charge is 0.459 e. The third-order valence-corrected chi connectivity index (χ3v) is 3.41. The summed E-state index contributed by atoms with van der Waals surface area (Å²) in [5.74, 6) is 0.365. The summed E-state index contributed by atoms with van der Waals surface area (Å²) in [4.78, 5) is 2.26. The molecule has 0 unspecified atom stereocenters. The van der Waals surface area contributed by atoms with Crippen LogP contribution >= 0.6 is 0 Å². The molecule has 0 aliphatic carbocycles. The number of rotatable bonds is 0. The Labute approximate surface area is 94.6 Å². The Balaban J connectivity index is 2.44. The van der Waals surface area contributed by atoms with Crippen LogP contribution in [0, 0.1) is 0 Å². The van der Waals surface area contributed by atoms with Gasteiger partial charge in [-0.15, -0.1) is 0 Å². The summed E-state index contributed by atoms with van der Waals surface area (Å²) in [6.45, 7) is 1.87. The Hall–Kier alpha value is -1.61. The number of hydrogen-bond acceptors (Lipinski definition) is 2. The minimum atomic E-state index is 0.365. The summed E-state index contributed by atoms with van der Waals surface area (Å²) in [5.41, 5.74) is 2.57. The van der Waals surface area contributed by atoms with E-state index in [0.29, 0.717) is 5.88 Å².